The molecule has 3 heterocycles. The number of aromatic nitrogens is 3. The monoisotopic (exact) mass is 366 g/mol. The number of imidazole rings is 1. The van der Waals surface area contributed by atoms with E-state index in [1.165, 1.54) is 17.0 Å². The van der Waals surface area contributed by atoms with Gasteiger partial charge in [-0.25, -0.2) is 14.2 Å². The zero-order chi connectivity index (χ0) is 18.8. The van der Waals surface area contributed by atoms with Crippen molar-refractivity contribution in [2.75, 3.05) is 13.1 Å². The van der Waals surface area contributed by atoms with Crippen molar-refractivity contribution in [3.05, 3.63) is 60.4 Å². The fourth-order valence-corrected chi connectivity index (χ4v) is 3.50. The Kier molecular flexibility index (Phi) is 4.58. The van der Waals surface area contributed by atoms with E-state index in [-0.39, 0.29) is 11.7 Å². The van der Waals surface area contributed by atoms with Crippen LogP contribution in [0.3, 0.4) is 0 Å². The Morgan fingerprint density at radius 2 is 1.89 bits per heavy atom. The normalized spacial score (nSPS) is 17.1. The van der Waals surface area contributed by atoms with E-state index in [0.717, 1.165) is 41.2 Å². The summed E-state index contributed by atoms with van der Waals surface area (Å²) in [4.78, 5) is 25.0. The fraction of sp³-hybridized carbons (Fsp3) is 0.250. The summed E-state index contributed by atoms with van der Waals surface area (Å²) in [6.45, 7) is 0.968. The number of piperidine rings is 1. The Hall–Kier alpha value is -3.22. The number of likely N-dealkylation sites (tertiary alicyclic amines) is 1. The van der Waals surface area contributed by atoms with Crippen LogP contribution in [0.5, 0.6) is 0 Å². The second-order valence-electron chi connectivity index (χ2n) is 6.66. The molecule has 1 amide bonds. The van der Waals surface area contributed by atoms with E-state index in [0.29, 0.717) is 13.1 Å². The molecule has 27 heavy (non-hydrogen) atoms. The van der Waals surface area contributed by atoms with Crippen molar-refractivity contribution in [3.63, 3.8) is 0 Å². The maximum Gasteiger partial charge on any atom is 0.407 e. The van der Waals surface area contributed by atoms with Crippen molar-refractivity contribution in [1.82, 2.24) is 19.9 Å². The third-order valence-electron chi connectivity index (χ3n) is 4.89. The maximum atomic E-state index is 13.3. The van der Waals surface area contributed by atoms with Crippen LogP contribution < -0.4 is 0 Å². The maximum absolute atomic E-state index is 13.3. The van der Waals surface area contributed by atoms with E-state index in [1.54, 1.807) is 24.5 Å². The predicted molar refractivity (Wildman–Crippen MR) is 98.8 cm³/mol. The zero-order valence-electron chi connectivity index (χ0n) is 14.6. The second kappa shape index (κ2) is 7.19. The molecule has 2 aromatic heterocycles. The van der Waals surface area contributed by atoms with Gasteiger partial charge in [-0.3, -0.25) is 4.98 Å². The molecule has 1 unspecified atom stereocenters. The lowest BCUT2D eigenvalue weighted by atomic mass is 9.98. The number of aromatic amines is 1. The van der Waals surface area contributed by atoms with Crippen LogP contribution in [0.1, 0.15) is 24.6 Å². The largest absolute Gasteiger partial charge is 0.465 e. The minimum Gasteiger partial charge on any atom is -0.465 e. The van der Waals surface area contributed by atoms with E-state index >= 15 is 0 Å². The van der Waals surface area contributed by atoms with Crippen molar-refractivity contribution in [3.8, 4) is 22.5 Å². The molecule has 138 valence electrons. The fourth-order valence-electron chi connectivity index (χ4n) is 3.50. The van der Waals surface area contributed by atoms with Crippen LogP contribution in [0, 0.1) is 5.82 Å². The van der Waals surface area contributed by atoms with Crippen molar-refractivity contribution < 1.29 is 14.3 Å². The van der Waals surface area contributed by atoms with Crippen LogP contribution in [-0.4, -0.2) is 44.1 Å². The molecule has 0 spiro atoms. The van der Waals surface area contributed by atoms with E-state index in [9.17, 15) is 14.3 Å². The smallest absolute Gasteiger partial charge is 0.407 e. The van der Waals surface area contributed by atoms with Crippen LogP contribution in [0.25, 0.3) is 22.5 Å². The van der Waals surface area contributed by atoms with Crippen molar-refractivity contribution in [1.29, 1.82) is 0 Å². The summed E-state index contributed by atoms with van der Waals surface area (Å²) in [7, 11) is 0. The van der Waals surface area contributed by atoms with Crippen LogP contribution in [-0.2, 0) is 0 Å². The Morgan fingerprint density at radius 3 is 2.59 bits per heavy atom. The summed E-state index contributed by atoms with van der Waals surface area (Å²) in [6.07, 6.45) is 4.18. The van der Waals surface area contributed by atoms with E-state index in [4.69, 9.17) is 4.98 Å². The van der Waals surface area contributed by atoms with E-state index in [2.05, 4.69) is 9.97 Å². The van der Waals surface area contributed by atoms with Crippen molar-refractivity contribution in [2.24, 2.45) is 0 Å². The minimum atomic E-state index is -0.903. The molecule has 6 nitrogen and oxygen atoms in total. The predicted octanol–water partition coefficient (Wildman–Crippen LogP) is 4.14. The summed E-state index contributed by atoms with van der Waals surface area (Å²) < 4.78 is 13.3. The number of carboxylic acid groups (broad SMARTS) is 1. The summed E-state index contributed by atoms with van der Waals surface area (Å²) in [5.41, 5.74) is 3.28. The number of pyridine rings is 1. The third kappa shape index (κ3) is 3.53. The first-order valence-corrected chi connectivity index (χ1v) is 8.86. The molecule has 1 fully saturated rings. The Labute approximate surface area is 155 Å². The summed E-state index contributed by atoms with van der Waals surface area (Å²) in [6, 6.07) is 9.98. The molecule has 7 heteroatoms. The highest BCUT2D eigenvalue weighted by atomic mass is 19.1. The van der Waals surface area contributed by atoms with Gasteiger partial charge >= 0.3 is 6.09 Å². The average Bonchev–Trinajstić information content (AvgIpc) is 3.15. The first-order chi connectivity index (χ1) is 13.1. The van der Waals surface area contributed by atoms with Gasteiger partial charge in [0.05, 0.1) is 11.4 Å². The third-order valence-corrected chi connectivity index (χ3v) is 4.89. The summed E-state index contributed by atoms with van der Waals surface area (Å²) in [5.74, 6) is 0.459. The molecular formula is C20H19FN4O2. The van der Waals surface area contributed by atoms with Gasteiger partial charge in [-0.1, -0.05) is 0 Å². The number of amides is 1. The van der Waals surface area contributed by atoms with Gasteiger partial charge < -0.3 is 15.0 Å². The topological polar surface area (TPSA) is 82.1 Å². The van der Waals surface area contributed by atoms with Gasteiger partial charge in [-0.2, -0.15) is 0 Å². The van der Waals surface area contributed by atoms with Crippen molar-refractivity contribution in [2.45, 2.75) is 18.8 Å². The van der Waals surface area contributed by atoms with Gasteiger partial charge in [0.15, 0.2) is 0 Å². The quantitative estimate of drug-likeness (QED) is 0.730. The molecule has 1 aromatic carbocycles. The number of halogens is 1. The number of rotatable bonds is 3. The first kappa shape index (κ1) is 17.2. The molecule has 1 saturated heterocycles. The van der Waals surface area contributed by atoms with Gasteiger partial charge in [-0.15, -0.1) is 0 Å². The molecule has 2 N–H and O–H groups in total. The number of hydrogen-bond donors (Lipinski definition) is 2. The molecule has 0 radical (unpaired) electrons. The average molecular weight is 366 g/mol. The number of benzene rings is 1. The minimum absolute atomic E-state index is 0.00429. The van der Waals surface area contributed by atoms with E-state index in [1.807, 2.05) is 12.1 Å². The Bertz CT molecular complexity index is 940. The van der Waals surface area contributed by atoms with Crippen LogP contribution in [0.15, 0.2) is 48.8 Å². The molecule has 0 saturated carbocycles. The lowest BCUT2D eigenvalue weighted by Gasteiger charge is -2.29. The molecule has 1 atom stereocenters. The standard InChI is InChI=1S/C20H19FN4O2/c21-16-5-3-13(4-6-16)17-18(14-7-9-22-10-8-14)24-19(23-17)15-2-1-11-25(12-15)20(26)27/h3-10,15H,1-2,11-12H2,(H,23,24)(H,26,27). The molecule has 1 aliphatic heterocycles. The first-order valence-electron chi connectivity index (χ1n) is 8.86. The van der Waals surface area contributed by atoms with Gasteiger partial charge in [-0.05, 0) is 49.2 Å². The molecule has 0 bridgehead atoms. The highest BCUT2D eigenvalue weighted by Crippen LogP contribution is 2.34. The zero-order valence-corrected chi connectivity index (χ0v) is 14.6. The van der Waals surface area contributed by atoms with Crippen LogP contribution in [0.4, 0.5) is 9.18 Å². The Morgan fingerprint density at radius 1 is 1.15 bits per heavy atom. The molecular weight excluding hydrogens is 347 g/mol. The molecule has 4 rings (SSSR count). The Balaban J connectivity index is 1.76. The number of hydrogen-bond acceptors (Lipinski definition) is 3. The summed E-state index contributed by atoms with van der Waals surface area (Å²) in [5, 5.41) is 9.30. The van der Waals surface area contributed by atoms with Crippen LogP contribution in [0.2, 0.25) is 0 Å². The molecule has 0 aliphatic carbocycles. The van der Waals surface area contributed by atoms with Crippen LogP contribution >= 0.6 is 0 Å². The second-order valence-corrected chi connectivity index (χ2v) is 6.66. The van der Waals surface area contributed by atoms with Gasteiger partial charge in [0, 0.05) is 42.5 Å². The molecule has 3 aromatic rings. The van der Waals surface area contributed by atoms with Gasteiger partial charge in [0.2, 0.25) is 0 Å². The van der Waals surface area contributed by atoms with E-state index < -0.39 is 6.09 Å². The number of H-pyrrole nitrogens is 1. The highest BCUT2D eigenvalue weighted by Gasteiger charge is 2.27. The number of nitrogens with one attached hydrogen (secondary N) is 1. The molecule has 1 aliphatic rings. The number of nitrogens with zero attached hydrogens (tertiary/aromatic N) is 3. The highest BCUT2D eigenvalue weighted by molar-refractivity contribution is 5.78. The van der Waals surface area contributed by atoms with Gasteiger partial charge in [0.1, 0.15) is 11.6 Å². The van der Waals surface area contributed by atoms with Crippen molar-refractivity contribution >= 4 is 6.09 Å². The van der Waals surface area contributed by atoms with Gasteiger partial charge in [0.25, 0.3) is 0 Å². The summed E-state index contributed by atoms with van der Waals surface area (Å²) >= 11 is 0. The lowest BCUT2D eigenvalue weighted by Crippen LogP contribution is -2.38. The lowest BCUT2D eigenvalue weighted by molar-refractivity contribution is 0.129. The number of carbonyl (C=O) groups is 1. The SMILES string of the molecule is O=C(O)N1CCCC(c2nc(-c3ccc(F)cc3)c(-c3ccncc3)[nH]2)C1.